The fraction of sp³-hybridized carbons (Fsp3) is 0.765. The lowest BCUT2D eigenvalue weighted by Gasteiger charge is -2.38. The minimum atomic E-state index is -1.83. The van der Waals surface area contributed by atoms with Crippen LogP contribution in [0.4, 0.5) is 4.79 Å². The molecule has 1 aliphatic rings. The summed E-state index contributed by atoms with van der Waals surface area (Å²) in [6.45, 7) is 11.5. The molecule has 0 saturated carbocycles. The Labute approximate surface area is 146 Å². The molecule has 0 spiro atoms. The number of nitrogens with zero attached hydrogens (tertiary/aromatic N) is 1. The summed E-state index contributed by atoms with van der Waals surface area (Å²) in [5.41, 5.74) is 0.257. The van der Waals surface area contributed by atoms with Gasteiger partial charge in [-0.2, -0.15) is 0 Å². The molecule has 0 radical (unpaired) electrons. The van der Waals surface area contributed by atoms with E-state index in [2.05, 4.69) is 33.9 Å². The molecule has 1 amide bonds. The highest BCUT2D eigenvalue weighted by Gasteiger charge is 2.38. The van der Waals surface area contributed by atoms with Gasteiger partial charge in [-0.3, -0.25) is 4.90 Å². The molecule has 0 bridgehead atoms. The Kier molecular flexibility index (Phi) is 7.04. The zero-order valence-electron chi connectivity index (χ0n) is 16.0. The first-order valence-electron chi connectivity index (χ1n) is 8.34. The van der Waals surface area contributed by atoms with Crippen LogP contribution >= 0.6 is 0 Å². The van der Waals surface area contributed by atoms with Gasteiger partial charge in [0.15, 0.2) is 8.32 Å². The molecule has 138 valence electrons. The average Bonchev–Trinajstić information content (AvgIpc) is 2.51. The van der Waals surface area contributed by atoms with Crippen molar-refractivity contribution in [2.75, 3.05) is 20.8 Å². The van der Waals surface area contributed by atoms with Crippen LogP contribution in [0.25, 0.3) is 0 Å². The van der Waals surface area contributed by atoms with Crippen molar-refractivity contribution in [3.63, 3.8) is 0 Å². The van der Waals surface area contributed by atoms with E-state index in [1.807, 2.05) is 0 Å². The Balaban J connectivity index is 2.81. The van der Waals surface area contributed by atoms with E-state index in [9.17, 15) is 9.59 Å². The van der Waals surface area contributed by atoms with Gasteiger partial charge in [0.1, 0.15) is 5.70 Å². The maximum atomic E-state index is 12.2. The van der Waals surface area contributed by atoms with Crippen LogP contribution in [0.5, 0.6) is 0 Å². The molecule has 1 atom stereocenters. The molecule has 7 heteroatoms. The van der Waals surface area contributed by atoms with Crippen molar-refractivity contribution in [2.24, 2.45) is 0 Å². The van der Waals surface area contributed by atoms with Gasteiger partial charge in [0.25, 0.3) is 0 Å². The molecule has 24 heavy (non-hydrogen) atoms. The minimum Gasteiger partial charge on any atom is -0.464 e. The van der Waals surface area contributed by atoms with E-state index in [1.165, 1.54) is 19.1 Å². The normalized spacial score (nSPS) is 18.9. The number of hydrogen-bond donors (Lipinski definition) is 0. The monoisotopic (exact) mass is 357 g/mol. The van der Waals surface area contributed by atoms with Crippen molar-refractivity contribution in [1.29, 1.82) is 0 Å². The first kappa shape index (κ1) is 20.7. The SMILES string of the molecule is COC(=O)C1=CCC[C@@H](CCO[Si](C)(C)C(C)(C)C)N1C(=O)OC. The van der Waals surface area contributed by atoms with Crippen LogP contribution in [0.15, 0.2) is 11.8 Å². The van der Waals surface area contributed by atoms with Crippen molar-refractivity contribution in [2.45, 2.75) is 64.2 Å². The third-order valence-corrected chi connectivity index (χ3v) is 9.49. The number of rotatable bonds is 5. The summed E-state index contributed by atoms with van der Waals surface area (Å²) in [5.74, 6) is -0.518. The van der Waals surface area contributed by atoms with Crippen LogP contribution in [0, 0.1) is 0 Å². The van der Waals surface area contributed by atoms with E-state index in [1.54, 1.807) is 6.08 Å². The highest BCUT2D eigenvalue weighted by atomic mass is 28.4. The molecule has 0 fully saturated rings. The average molecular weight is 358 g/mol. The lowest BCUT2D eigenvalue weighted by Crippen LogP contribution is -2.46. The summed E-state index contributed by atoms with van der Waals surface area (Å²) in [4.78, 5) is 25.5. The van der Waals surface area contributed by atoms with Gasteiger partial charge in [-0.05, 0) is 37.4 Å². The van der Waals surface area contributed by atoms with Gasteiger partial charge in [0.2, 0.25) is 0 Å². The molecule has 0 aliphatic carbocycles. The molecule has 0 aromatic carbocycles. The molecule has 0 N–H and O–H groups in total. The van der Waals surface area contributed by atoms with Gasteiger partial charge in [-0.1, -0.05) is 26.8 Å². The quantitative estimate of drug-likeness (QED) is 0.555. The Morgan fingerprint density at radius 1 is 1.25 bits per heavy atom. The molecule has 1 rings (SSSR count). The predicted octanol–water partition coefficient (Wildman–Crippen LogP) is 3.69. The molecule has 1 aliphatic heterocycles. The van der Waals surface area contributed by atoms with Crippen LogP contribution in [0.1, 0.15) is 40.0 Å². The second kappa shape index (κ2) is 8.16. The third-order valence-electron chi connectivity index (χ3n) is 4.95. The summed E-state index contributed by atoms with van der Waals surface area (Å²) in [6, 6.07) is -0.124. The van der Waals surface area contributed by atoms with Gasteiger partial charge in [-0.25, -0.2) is 9.59 Å². The molecule has 0 aromatic rings. The Bertz CT molecular complexity index is 496. The van der Waals surface area contributed by atoms with E-state index >= 15 is 0 Å². The van der Waals surface area contributed by atoms with E-state index in [0.29, 0.717) is 13.0 Å². The predicted molar refractivity (Wildman–Crippen MR) is 95.1 cm³/mol. The number of amides is 1. The number of carbonyl (C=O) groups is 2. The maximum absolute atomic E-state index is 12.2. The fourth-order valence-electron chi connectivity index (χ4n) is 2.41. The summed E-state index contributed by atoms with van der Waals surface area (Å²) in [5, 5.41) is 0.138. The van der Waals surface area contributed by atoms with Gasteiger partial charge in [-0.15, -0.1) is 0 Å². The number of hydrogen-bond acceptors (Lipinski definition) is 5. The van der Waals surface area contributed by atoms with Gasteiger partial charge in [0.05, 0.1) is 14.2 Å². The second-order valence-electron chi connectivity index (χ2n) is 7.55. The van der Waals surface area contributed by atoms with Crippen LogP contribution in [-0.2, 0) is 18.7 Å². The molecule has 0 unspecified atom stereocenters. The standard InChI is InChI=1S/C17H31NO5Si/c1-17(2,3)24(6,7)23-12-11-13-9-8-10-14(15(19)21-4)18(13)16(20)22-5/h10,13H,8-9,11-12H2,1-7H3/t13-/m0/s1. The van der Waals surface area contributed by atoms with Crippen molar-refractivity contribution in [3.05, 3.63) is 11.8 Å². The van der Waals surface area contributed by atoms with Crippen molar-refractivity contribution in [3.8, 4) is 0 Å². The molecule has 6 nitrogen and oxygen atoms in total. The molecule has 0 aromatic heterocycles. The molecular formula is C17H31NO5Si. The highest BCUT2D eigenvalue weighted by Crippen LogP contribution is 2.37. The Hall–Kier alpha value is -1.34. The minimum absolute atomic E-state index is 0.124. The summed E-state index contributed by atoms with van der Waals surface area (Å²) in [7, 11) is 0.789. The Morgan fingerprint density at radius 3 is 2.38 bits per heavy atom. The number of carbonyl (C=O) groups excluding carboxylic acids is 2. The molecule has 1 heterocycles. The number of esters is 1. The van der Waals surface area contributed by atoms with Gasteiger partial charge < -0.3 is 13.9 Å². The van der Waals surface area contributed by atoms with E-state index in [-0.39, 0.29) is 16.8 Å². The van der Waals surface area contributed by atoms with E-state index in [0.717, 1.165) is 12.8 Å². The van der Waals surface area contributed by atoms with Crippen LogP contribution in [0.2, 0.25) is 18.1 Å². The van der Waals surface area contributed by atoms with Gasteiger partial charge >= 0.3 is 12.1 Å². The second-order valence-corrected chi connectivity index (χ2v) is 12.4. The highest BCUT2D eigenvalue weighted by molar-refractivity contribution is 6.74. The van der Waals surface area contributed by atoms with Crippen LogP contribution in [0.3, 0.4) is 0 Å². The number of ether oxygens (including phenoxy) is 2. The number of allylic oxidation sites excluding steroid dienone is 1. The topological polar surface area (TPSA) is 65.1 Å². The third kappa shape index (κ3) is 4.83. The molecule has 0 saturated heterocycles. The lowest BCUT2D eigenvalue weighted by atomic mass is 10.0. The van der Waals surface area contributed by atoms with Crippen LogP contribution in [-0.4, -0.2) is 52.1 Å². The first-order valence-corrected chi connectivity index (χ1v) is 11.3. The smallest absolute Gasteiger partial charge is 0.414 e. The van der Waals surface area contributed by atoms with Gasteiger partial charge in [0, 0.05) is 12.6 Å². The maximum Gasteiger partial charge on any atom is 0.414 e. The zero-order valence-corrected chi connectivity index (χ0v) is 17.0. The van der Waals surface area contributed by atoms with E-state index in [4.69, 9.17) is 13.9 Å². The largest absolute Gasteiger partial charge is 0.464 e. The number of methoxy groups -OCH3 is 2. The molecular weight excluding hydrogens is 326 g/mol. The zero-order chi connectivity index (χ0) is 18.5. The Morgan fingerprint density at radius 2 is 1.88 bits per heavy atom. The summed E-state index contributed by atoms with van der Waals surface area (Å²) < 4.78 is 15.8. The first-order chi connectivity index (χ1) is 11.0. The van der Waals surface area contributed by atoms with E-state index < -0.39 is 20.4 Å². The van der Waals surface area contributed by atoms with Crippen molar-refractivity contribution in [1.82, 2.24) is 4.90 Å². The fourth-order valence-corrected chi connectivity index (χ4v) is 3.47. The van der Waals surface area contributed by atoms with Crippen LogP contribution < -0.4 is 0 Å². The summed E-state index contributed by atoms with van der Waals surface area (Å²) in [6.07, 6.45) is 3.35. The lowest BCUT2D eigenvalue weighted by molar-refractivity contribution is -0.138. The van der Waals surface area contributed by atoms with Crippen molar-refractivity contribution >= 4 is 20.4 Å². The van der Waals surface area contributed by atoms with Crippen molar-refractivity contribution < 1.29 is 23.5 Å². The summed E-state index contributed by atoms with van der Waals surface area (Å²) >= 11 is 0.